The van der Waals surface area contributed by atoms with E-state index < -0.39 is 36.4 Å². The standard InChI is InChI=1S/C10H10O6/c1-5(11)15-7-3-13-10-8(16-6(2)12)4-14-9(7)10/h1-2,7-10H,3-4H2. The Balaban J connectivity index is 1.95. The topological polar surface area (TPSA) is 71.1 Å². The predicted molar refractivity (Wildman–Crippen MR) is 47.8 cm³/mol. The zero-order valence-electron chi connectivity index (χ0n) is 8.33. The van der Waals surface area contributed by atoms with Gasteiger partial charge in [0.25, 0.3) is 0 Å². The summed E-state index contributed by atoms with van der Waals surface area (Å²) in [7, 11) is 0. The van der Waals surface area contributed by atoms with Crippen LogP contribution in [0.1, 0.15) is 0 Å². The molecule has 0 amide bonds. The molecule has 16 heavy (non-hydrogen) atoms. The molecule has 4 unspecified atom stereocenters. The summed E-state index contributed by atoms with van der Waals surface area (Å²) in [6.45, 7) is 10.1. The van der Waals surface area contributed by atoms with Crippen LogP contribution in [-0.2, 0) is 28.5 Å². The van der Waals surface area contributed by atoms with Crippen LogP contribution in [0.15, 0.2) is 0 Å². The smallest absolute Gasteiger partial charge is 0.311 e. The van der Waals surface area contributed by atoms with Crippen molar-refractivity contribution in [3.63, 3.8) is 0 Å². The van der Waals surface area contributed by atoms with Crippen molar-refractivity contribution >= 4 is 11.9 Å². The number of carbonyl (C=O) groups is 2. The van der Waals surface area contributed by atoms with Crippen LogP contribution in [0, 0.1) is 13.8 Å². The lowest BCUT2D eigenvalue weighted by Gasteiger charge is -2.15. The summed E-state index contributed by atoms with van der Waals surface area (Å²) in [4.78, 5) is 21.2. The normalized spacial score (nSPS) is 36.9. The monoisotopic (exact) mass is 226 g/mol. The Kier molecular flexibility index (Phi) is 3.11. The molecule has 6 nitrogen and oxygen atoms in total. The molecule has 0 spiro atoms. The van der Waals surface area contributed by atoms with Crippen molar-refractivity contribution in [2.24, 2.45) is 0 Å². The molecule has 0 aromatic carbocycles. The van der Waals surface area contributed by atoms with Crippen LogP contribution in [0.2, 0.25) is 0 Å². The Bertz CT molecular complexity index is 272. The minimum Gasteiger partial charge on any atom is -0.457 e. The maximum atomic E-state index is 10.6. The van der Waals surface area contributed by atoms with Gasteiger partial charge >= 0.3 is 11.9 Å². The van der Waals surface area contributed by atoms with Crippen LogP contribution in [-0.4, -0.2) is 49.6 Å². The first kappa shape index (κ1) is 11.3. The molecule has 2 fully saturated rings. The highest BCUT2D eigenvalue weighted by molar-refractivity contribution is 5.74. The van der Waals surface area contributed by atoms with E-state index in [9.17, 15) is 9.59 Å². The molecule has 2 rings (SSSR count). The number of esters is 2. The number of ether oxygens (including phenoxy) is 4. The molecule has 0 aliphatic carbocycles. The van der Waals surface area contributed by atoms with Crippen LogP contribution in [0.25, 0.3) is 0 Å². The first-order valence-corrected chi connectivity index (χ1v) is 4.73. The summed E-state index contributed by atoms with van der Waals surface area (Å²) in [6.07, 6.45) is -2.05. The highest BCUT2D eigenvalue weighted by Crippen LogP contribution is 2.30. The molecule has 0 aromatic rings. The second kappa shape index (κ2) is 4.39. The van der Waals surface area contributed by atoms with Gasteiger partial charge in [-0.05, 0) is 0 Å². The fourth-order valence-corrected chi connectivity index (χ4v) is 1.93. The maximum absolute atomic E-state index is 10.6. The molecule has 2 aliphatic heterocycles. The van der Waals surface area contributed by atoms with Crippen LogP contribution in [0.4, 0.5) is 0 Å². The first-order valence-electron chi connectivity index (χ1n) is 4.73. The number of fused-ring (bicyclic) bond motifs is 1. The van der Waals surface area contributed by atoms with Crippen molar-refractivity contribution in [2.75, 3.05) is 13.2 Å². The highest BCUT2D eigenvalue weighted by atomic mass is 16.7. The summed E-state index contributed by atoms with van der Waals surface area (Å²) in [5, 5.41) is 0. The second-order valence-corrected chi connectivity index (χ2v) is 3.55. The Morgan fingerprint density at radius 1 is 0.938 bits per heavy atom. The van der Waals surface area contributed by atoms with E-state index in [1.165, 1.54) is 0 Å². The van der Waals surface area contributed by atoms with E-state index in [2.05, 4.69) is 0 Å². The van der Waals surface area contributed by atoms with Gasteiger partial charge in [0.1, 0.15) is 12.2 Å². The van der Waals surface area contributed by atoms with Gasteiger partial charge in [-0.2, -0.15) is 0 Å². The number of rotatable bonds is 2. The summed E-state index contributed by atoms with van der Waals surface area (Å²) in [5.74, 6) is -1.78. The first-order chi connectivity index (χ1) is 7.58. The van der Waals surface area contributed by atoms with E-state index in [1.807, 2.05) is 0 Å². The van der Waals surface area contributed by atoms with Gasteiger partial charge in [0.15, 0.2) is 12.2 Å². The van der Waals surface area contributed by atoms with Gasteiger partial charge < -0.3 is 18.9 Å². The summed E-state index contributed by atoms with van der Waals surface area (Å²) in [5.41, 5.74) is 0. The zero-order chi connectivity index (χ0) is 11.7. The van der Waals surface area contributed by atoms with Crippen LogP contribution in [0.5, 0.6) is 0 Å². The molecule has 0 saturated carbocycles. The summed E-state index contributed by atoms with van der Waals surface area (Å²) >= 11 is 0. The fraction of sp³-hybridized carbons (Fsp3) is 0.600. The Hall–Kier alpha value is -1.14. The third-order valence-corrected chi connectivity index (χ3v) is 2.50. The molecular formula is C10H10O6. The Morgan fingerprint density at radius 2 is 1.31 bits per heavy atom. The van der Waals surface area contributed by atoms with Crippen LogP contribution < -0.4 is 0 Å². The van der Waals surface area contributed by atoms with Crippen molar-refractivity contribution in [3.05, 3.63) is 13.8 Å². The van der Waals surface area contributed by atoms with Gasteiger partial charge in [-0.1, -0.05) is 0 Å². The van der Waals surface area contributed by atoms with Crippen LogP contribution in [0.3, 0.4) is 0 Å². The number of hydrogen-bond acceptors (Lipinski definition) is 6. The maximum Gasteiger partial charge on any atom is 0.311 e. The summed E-state index contributed by atoms with van der Waals surface area (Å²) < 4.78 is 20.2. The quantitative estimate of drug-likeness (QED) is 0.564. The molecule has 86 valence electrons. The predicted octanol–water partition coefficient (Wildman–Crippen LogP) is -0.970. The van der Waals surface area contributed by atoms with E-state index in [-0.39, 0.29) is 13.2 Å². The largest absolute Gasteiger partial charge is 0.457 e. The lowest BCUT2D eigenvalue weighted by atomic mass is 10.1. The lowest BCUT2D eigenvalue weighted by molar-refractivity contribution is -0.149. The van der Waals surface area contributed by atoms with Gasteiger partial charge in [0.05, 0.1) is 27.1 Å². The Labute approximate surface area is 92.8 Å². The van der Waals surface area contributed by atoms with E-state index in [4.69, 9.17) is 32.8 Å². The summed E-state index contributed by atoms with van der Waals surface area (Å²) in [6, 6.07) is 0. The van der Waals surface area contributed by atoms with Crippen molar-refractivity contribution in [1.29, 1.82) is 0 Å². The molecule has 2 aliphatic rings. The van der Waals surface area contributed by atoms with Gasteiger partial charge in [0, 0.05) is 0 Å². The molecule has 2 heterocycles. The molecule has 0 aromatic heterocycles. The van der Waals surface area contributed by atoms with Crippen molar-refractivity contribution < 1.29 is 28.5 Å². The highest BCUT2D eigenvalue weighted by Gasteiger charge is 2.50. The molecule has 0 bridgehead atoms. The zero-order valence-corrected chi connectivity index (χ0v) is 8.33. The molecule has 2 saturated heterocycles. The van der Waals surface area contributed by atoms with Gasteiger partial charge in [0.2, 0.25) is 0 Å². The van der Waals surface area contributed by atoms with E-state index in [0.717, 1.165) is 0 Å². The van der Waals surface area contributed by atoms with E-state index in [1.54, 1.807) is 0 Å². The molecule has 4 atom stereocenters. The molecular weight excluding hydrogens is 216 g/mol. The van der Waals surface area contributed by atoms with Gasteiger partial charge in [-0.25, -0.2) is 0 Å². The van der Waals surface area contributed by atoms with Gasteiger partial charge in [-0.3, -0.25) is 9.59 Å². The lowest BCUT2D eigenvalue weighted by Crippen LogP contribution is -2.35. The van der Waals surface area contributed by atoms with Crippen molar-refractivity contribution in [2.45, 2.75) is 24.4 Å². The Morgan fingerprint density at radius 3 is 1.62 bits per heavy atom. The second-order valence-electron chi connectivity index (χ2n) is 3.55. The third kappa shape index (κ3) is 2.17. The number of carbonyl (C=O) groups excluding carboxylic acids is 2. The third-order valence-electron chi connectivity index (χ3n) is 2.50. The van der Waals surface area contributed by atoms with Gasteiger partial charge in [-0.15, -0.1) is 0 Å². The average Bonchev–Trinajstić information content (AvgIpc) is 2.70. The van der Waals surface area contributed by atoms with Crippen molar-refractivity contribution in [3.8, 4) is 0 Å². The molecule has 0 N–H and O–H groups in total. The number of hydrogen-bond donors (Lipinski definition) is 0. The fourth-order valence-electron chi connectivity index (χ4n) is 1.93. The van der Waals surface area contributed by atoms with Crippen LogP contribution >= 0.6 is 0 Å². The average molecular weight is 226 g/mol. The molecule has 4 radical (unpaired) electrons. The van der Waals surface area contributed by atoms with Crippen molar-refractivity contribution in [1.82, 2.24) is 0 Å². The minimum absolute atomic E-state index is 0.164. The van der Waals surface area contributed by atoms with E-state index >= 15 is 0 Å². The minimum atomic E-state index is -0.892. The van der Waals surface area contributed by atoms with E-state index in [0.29, 0.717) is 0 Å². The SMILES string of the molecule is [CH]C(=O)OC1COC2C(OC([CH])=O)COC12. The molecule has 6 heteroatoms.